The highest BCUT2D eigenvalue weighted by Gasteiger charge is 2.14. The van der Waals surface area contributed by atoms with Crippen molar-refractivity contribution in [3.05, 3.63) is 72.1 Å². The Bertz CT molecular complexity index is 1220. The van der Waals surface area contributed by atoms with E-state index < -0.39 is 6.16 Å². The van der Waals surface area contributed by atoms with E-state index in [2.05, 4.69) is 16.5 Å². The van der Waals surface area contributed by atoms with Crippen LogP contribution >= 0.6 is 0 Å². The van der Waals surface area contributed by atoms with E-state index in [1.807, 2.05) is 42.5 Å². The predicted molar refractivity (Wildman–Crippen MR) is 120 cm³/mol. The van der Waals surface area contributed by atoms with Crippen LogP contribution in [0.15, 0.2) is 60.7 Å². The second-order valence-corrected chi connectivity index (χ2v) is 7.36. The van der Waals surface area contributed by atoms with Gasteiger partial charge in [0.25, 0.3) is 0 Å². The molecule has 31 heavy (non-hydrogen) atoms. The lowest BCUT2D eigenvalue weighted by molar-refractivity contribution is 0.144. The lowest BCUT2D eigenvalue weighted by atomic mass is 10.0. The first-order chi connectivity index (χ1) is 15.0. The summed E-state index contributed by atoms with van der Waals surface area (Å²) in [6.45, 7) is 2.79. The number of rotatable bonds is 7. The quantitative estimate of drug-likeness (QED) is 0.320. The first-order valence-electron chi connectivity index (χ1n) is 10.3. The summed E-state index contributed by atoms with van der Waals surface area (Å²) in [7, 11) is 0. The summed E-state index contributed by atoms with van der Waals surface area (Å²) >= 11 is 0. The average molecular weight is 416 g/mol. The third kappa shape index (κ3) is 4.50. The number of imidazole rings is 1. The average Bonchev–Trinajstić information content (AvgIpc) is 3.09. The number of nitrogens with zero attached hydrogens (tertiary/aromatic N) is 3. The lowest BCUT2D eigenvalue weighted by Gasteiger charge is -2.11. The molecule has 7 heteroatoms. The van der Waals surface area contributed by atoms with E-state index in [1.54, 1.807) is 18.2 Å². The van der Waals surface area contributed by atoms with E-state index in [0.29, 0.717) is 18.1 Å². The van der Waals surface area contributed by atoms with Crippen molar-refractivity contribution in [2.45, 2.75) is 32.7 Å². The molecule has 0 saturated heterocycles. The number of ether oxygens (including phenoxy) is 1. The van der Waals surface area contributed by atoms with Crippen LogP contribution in [0.25, 0.3) is 22.3 Å². The highest BCUT2D eigenvalue weighted by atomic mass is 16.7. The molecule has 0 atom stereocenters. The summed E-state index contributed by atoms with van der Waals surface area (Å²) < 4.78 is 7.03. The van der Waals surface area contributed by atoms with Gasteiger partial charge < -0.3 is 20.1 Å². The molecule has 0 radical (unpaired) electrons. The summed E-state index contributed by atoms with van der Waals surface area (Å²) in [4.78, 5) is 20.3. The molecular formula is C24H24N4O3. The number of pyridine rings is 1. The molecule has 0 saturated carbocycles. The summed E-state index contributed by atoms with van der Waals surface area (Å²) in [5.74, 6) is 1.78. The molecule has 4 rings (SSSR count). The van der Waals surface area contributed by atoms with Gasteiger partial charge in [0, 0.05) is 12.0 Å². The first kappa shape index (κ1) is 20.4. The molecule has 158 valence electrons. The summed E-state index contributed by atoms with van der Waals surface area (Å²) in [6, 6.07) is 18.7. The standard InChI is InChI=1S/C24H24N4O3/c1-2-3-8-22-26-19-13-14-21(25)27-23(19)28(22)15-16-9-11-17(12-10-16)18-6-4-5-7-20(18)31-24(29)30/h4-7,9-14H,2-3,8,15H2,1H3,(H2,25,27)(H,29,30). The van der Waals surface area contributed by atoms with Gasteiger partial charge >= 0.3 is 6.16 Å². The highest BCUT2D eigenvalue weighted by Crippen LogP contribution is 2.30. The van der Waals surface area contributed by atoms with E-state index in [9.17, 15) is 4.79 Å². The smallest absolute Gasteiger partial charge is 0.449 e. The van der Waals surface area contributed by atoms with Crippen molar-refractivity contribution in [2.75, 3.05) is 5.73 Å². The van der Waals surface area contributed by atoms with Crippen molar-refractivity contribution in [2.24, 2.45) is 0 Å². The fourth-order valence-electron chi connectivity index (χ4n) is 3.62. The topological polar surface area (TPSA) is 103 Å². The van der Waals surface area contributed by atoms with Crippen LogP contribution in [0.2, 0.25) is 0 Å². The molecule has 2 heterocycles. The number of unbranched alkanes of at least 4 members (excludes halogenated alkanes) is 1. The van der Waals surface area contributed by atoms with Crippen LogP contribution < -0.4 is 10.5 Å². The van der Waals surface area contributed by atoms with E-state index in [-0.39, 0.29) is 0 Å². The Labute approximate surface area is 180 Å². The van der Waals surface area contributed by atoms with Gasteiger partial charge in [0.05, 0.1) is 6.54 Å². The summed E-state index contributed by atoms with van der Waals surface area (Å²) in [5, 5.41) is 8.97. The molecule has 0 fully saturated rings. The Morgan fingerprint density at radius 1 is 1.06 bits per heavy atom. The molecule has 4 aromatic rings. The van der Waals surface area contributed by atoms with Crippen LogP contribution in [0.1, 0.15) is 31.2 Å². The number of aromatic nitrogens is 3. The van der Waals surface area contributed by atoms with Gasteiger partial charge in [-0.25, -0.2) is 14.8 Å². The minimum Gasteiger partial charge on any atom is -0.449 e. The summed E-state index contributed by atoms with van der Waals surface area (Å²) in [6.07, 6.45) is 1.69. The van der Waals surface area contributed by atoms with Gasteiger partial charge in [-0.05, 0) is 35.7 Å². The number of para-hydroxylation sites is 1. The molecule has 3 N–H and O–H groups in total. The normalized spacial score (nSPS) is 11.0. The number of aryl methyl sites for hydroxylation is 1. The molecule has 2 aromatic carbocycles. The largest absolute Gasteiger partial charge is 0.511 e. The van der Waals surface area contributed by atoms with E-state index in [1.165, 1.54) is 0 Å². The van der Waals surface area contributed by atoms with Crippen molar-refractivity contribution in [1.82, 2.24) is 14.5 Å². The second-order valence-electron chi connectivity index (χ2n) is 7.36. The molecule has 0 bridgehead atoms. The Hall–Kier alpha value is -3.87. The third-order valence-corrected chi connectivity index (χ3v) is 5.14. The molecule has 0 amide bonds. The highest BCUT2D eigenvalue weighted by molar-refractivity contribution is 5.75. The lowest BCUT2D eigenvalue weighted by Crippen LogP contribution is -2.07. The van der Waals surface area contributed by atoms with Gasteiger partial charge in [-0.15, -0.1) is 0 Å². The molecule has 2 aromatic heterocycles. The van der Waals surface area contributed by atoms with Crippen molar-refractivity contribution in [3.63, 3.8) is 0 Å². The van der Waals surface area contributed by atoms with Gasteiger partial charge in [0.15, 0.2) is 5.65 Å². The number of carboxylic acid groups (broad SMARTS) is 1. The Morgan fingerprint density at radius 3 is 2.58 bits per heavy atom. The molecule has 7 nitrogen and oxygen atoms in total. The number of benzene rings is 2. The van der Waals surface area contributed by atoms with Crippen LogP contribution in [0.4, 0.5) is 10.6 Å². The van der Waals surface area contributed by atoms with Crippen LogP contribution in [-0.4, -0.2) is 25.8 Å². The zero-order chi connectivity index (χ0) is 21.8. The molecule has 0 aliphatic rings. The Balaban J connectivity index is 1.65. The number of fused-ring (bicyclic) bond motifs is 1. The molecule has 0 unspecified atom stereocenters. The van der Waals surface area contributed by atoms with Gasteiger partial charge in [-0.3, -0.25) is 0 Å². The zero-order valence-corrected chi connectivity index (χ0v) is 17.3. The van der Waals surface area contributed by atoms with Gasteiger partial charge in [-0.1, -0.05) is 55.8 Å². The van der Waals surface area contributed by atoms with Gasteiger partial charge in [0.1, 0.15) is 22.9 Å². The maximum Gasteiger partial charge on any atom is 0.511 e. The van der Waals surface area contributed by atoms with Crippen LogP contribution in [0.3, 0.4) is 0 Å². The SMILES string of the molecule is CCCCc1nc2ccc(N)nc2n1Cc1ccc(-c2ccccc2OC(=O)O)cc1. The van der Waals surface area contributed by atoms with Crippen LogP contribution in [0.5, 0.6) is 5.75 Å². The van der Waals surface area contributed by atoms with Gasteiger partial charge in [-0.2, -0.15) is 0 Å². The minimum absolute atomic E-state index is 0.310. The number of hydrogen-bond acceptors (Lipinski definition) is 5. The Kier molecular flexibility index (Phi) is 5.84. The van der Waals surface area contributed by atoms with E-state index in [0.717, 1.165) is 52.9 Å². The van der Waals surface area contributed by atoms with Crippen molar-refractivity contribution < 1.29 is 14.6 Å². The van der Waals surface area contributed by atoms with Crippen molar-refractivity contribution in [1.29, 1.82) is 0 Å². The maximum atomic E-state index is 11.0. The van der Waals surface area contributed by atoms with Gasteiger partial charge in [0.2, 0.25) is 0 Å². The Morgan fingerprint density at radius 2 is 1.84 bits per heavy atom. The van der Waals surface area contributed by atoms with Crippen molar-refractivity contribution in [3.8, 4) is 16.9 Å². The maximum absolute atomic E-state index is 11.0. The van der Waals surface area contributed by atoms with Crippen LogP contribution in [0, 0.1) is 0 Å². The van der Waals surface area contributed by atoms with Crippen LogP contribution in [-0.2, 0) is 13.0 Å². The van der Waals surface area contributed by atoms with E-state index >= 15 is 0 Å². The first-order valence-corrected chi connectivity index (χ1v) is 10.3. The monoisotopic (exact) mass is 416 g/mol. The fraction of sp³-hybridized carbons (Fsp3) is 0.208. The number of hydrogen-bond donors (Lipinski definition) is 2. The van der Waals surface area contributed by atoms with Crippen molar-refractivity contribution >= 4 is 23.1 Å². The minimum atomic E-state index is -1.33. The number of nitrogens with two attached hydrogens (primary N) is 1. The number of anilines is 1. The molecular weight excluding hydrogens is 392 g/mol. The number of nitrogen functional groups attached to an aromatic ring is 1. The fourth-order valence-corrected chi connectivity index (χ4v) is 3.62. The molecule has 0 spiro atoms. The summed E-state index contributed by atoms with van der Waals surface area (Å²) in [5.41, 5.74) is 10.2. The molecule has 0 aliphatic carbocycles. The molecule has 0 aliphatic heterocycles. The van der Waals surface area contributed by atoms with E-state index in [4.69, 9.17) is 20.6 Å². The zero-order valence-electron chi connectivity index (χ0n) is 17.3. The third-order valence-electron chi connectivity index (χ3n) is 5.14. The number of carbonyl (C=O) groups is 1. The predicted octanol–water partition coefficient (Wildman–Crippen LogP) is 5.13. The second kappa shape index (κ2) is 8.87.